The van der Waals surface area contributed by atoms with Gasteiger partial charge in [0.15, 0.2) is 0 Å². The van der Waals surface area contributed by atoms with Crippen LogP contribution < -0.4 is 0 Å². The second-order valence-electron chi connectivity index (χ2n) is 4.00. The molecule has 0 bridgehead atoms. The van der Waals surface area contributed by atoms with Gasteiger partial charge in [-0.05, 0) is 36.8 Å². The summed E-state index contributed by atoms with van der Waals surface area (Å²) >= 11 is 11.8. The first-order chi connectivity index (χ1) is 9.43. The van der Waals surface area contributed by atoms with Gasteiger partial charge in [-0.3, -0.25) is 9.59 Å². The Labute approximate surface area is 127 Å². The molecule has 0 aliphatic heterocycles. The summed E-state index contributed by atoms with van der Waals surface area (Å²) < 4.78 is 4.76. The second kappa shape index (κ2) is 7.92. The number of carbonyl (C=O) groups is 2. The molecule has 0 atom stereocenters. The van der Waals surface area contributed by atoms with Crippen molar-refractivity contribution in [3.63, 3.8) is 0 Å². The molecule has 108 valence electrons. The Morgan fingerprint density at radius 2 is 2.05 bits per heavy atom. The number of amides is 1. The quantitative estimate of drug-likeness (QED) is 0.620. The topological polar surface area (TPSA) is 46.6 Å². The van der Waals surface area contributed by atoms with Crippen LogP contribution in [0.1, 0.15) is 12.5 Å². The van der Waals surface area contributed by atoms with E-state index in [1.807, 2.05) is 0 Å². The molecule has 1 amide bonds. The Morgan fingerprint density at radius 1 is 1.35 bits per heavy atom. The summed E-state index contributed by atoms with van der Waals surface area (Å²) in [5, 5.41) is 1.02. The molecule has 1 aromatic rings. The first-order valence-electron chi connectivity index (χ1n) is 5.98. The van der Waals surface area contributed by atoms with Gasteiger partial charge in [-0.1, -0.05) is 23.2 Å². The molecule has 0 heterocycles. The number of esters is 1. The fraction of sp³-hybridized carbons (Fsp3) is 0.286. The lowest BCUT2D eigenvalue weighted by Gasteiger charge is -2.13. The summed E-state index contributed by atoms with van der Waals surface area (Å²) in [5.74, 6) is -0.772. The van der Waals surface area contributed by atoms with Gasteiger partial charge in [-0.25, -0.2) is 0 Å². The van der Waals surface area contributed by atoms with E-state index in [0.717, 1.165) is 0 Å². The average Bonchev–Trinajstić information content (AvgIpc) is 2.39. The van der Waals surface area contributed by atoms with E-state index in [-0.39, 0.29) is 19.1 Å². The maximum atomic E-state index is 11.8. The van der Waals surface area contributed by atoms with Crippen molar-refractivity contribution >= 4 is 41.2 Å². The lowest BCUT2D eigenvalue weighted by molar-refractivity contribution is -0.146. The van der Waals surface area contributed by atoms with Crippen molar-refractivity contribution in [3.05, 3.63) is 39.9 Å². The zero-order valence-electron chi connectivity index (χ0n) is 11.2. The fourth-order valence-electron chi connectivity index (χ4n) is 1.41. The van der Waals surface area contributed by atoms with E-state index in [1.54, 1.807) is 31.2 Å². The number of hydrogen-bond acceptors (Lipinski definition) is 3. The van der Waals surface area contributed by atoms with Crippen molar-refractivity contribution in [2.45, 2.75) is 6.92 Å². The van der Waals surface area contributed by atoms with Gasteiger partial charge < -0.3 is 9.64 Å². The van der Waals surface area contributed by atoms with Gasteiger partial charge >= 0.3 is 5.97 Å². The maximum Gasteiger partial charge on any atom is 0.325 e. The van der Waals surface area contributed by atoms with E-state index in [1.165, 1.54) is 18.0 Å². The largest absolute Gasteiger partial charge is 0.465 e. The zero-order chi connectivity index (χ0) is 15.1. The monoisotopic (exact) mass is 315 g/mol. The molecule has 0 saturated heterocycles. The van der Waals surface area contributed by atoms with Crippen molar-refractivity contribution in [3.8, 4) is 0 Å². The summed E-state index contributed by atoms with van der Waals surface area (Å²) in [7, 11) is 1.52. The molecule has 0 N–H and O–H groups in total. The Bertz CT molecular complexity index is 529. The van der Waals surface area contributed by atoms with Gasteiger partial charge in [0, 0.05) is 23.2 Å². The van der Waals surface area contributed by atoms with E-state index >= 15 is 0 Å². The Morgan fingerprint density at radius 3 is 2.70 bits per heavy atom. The van der Waals surface area contributed by atoms with Crippen molar-refractivity contribution in [1.82, 2.24) is 4.90 Å². The second-order valence-corrected chi connectivity index (χ2v) is 4.84. The van der Waals surface area contributed by atoms with Crippen LogP contribution in [-0.4, -0.2) is 37.0 Å². The van der Waals surface area contributed by atoms with E-state index in [2.05, 4.69) is 0 Å². The number of likely N-dealkylation sites (N-methyl/N-ethyl adjacent to an activating group) is 1. The van der Waals surface area contributed by atoms with Gasteiger partial charge in [-0.15, -0.1) is 0 Å². The summed E-state index contributed by atoms with van der Waals surface area (Å²) in [6, 6.07) is 4.96. The SMILES string of the molecule is CCOC(=O)CN(C)C(=O)C=Cc1cc(Cl)ccc1Cl. The molecule has 6 heteroatoms. The van der Waals surface area contributed by atoms with E-state index in [4.69, 9.17) is 27.9 Å². The van der Waals surface area contributed by atoms with Gasteiger partial charge in [-0.2, -0.15) is 0 Å². The summed E-state index contributed by atoms with van der Waals surface area (Å²) in [6.07, 6.45) is 2.88. The third kappa shape index (κ3) is 5.23. The predicted octanol–water partition coefficient (Wildman–Crippen LogP) is 3.03. The van der Waals surface area contributed by atoms with Crippen LogP contribution in [0, 0.1) is 0 Å². The molecule has 0 saturated carbocycles. The van der Waals surface area contributed by atoms with Crippen molar-refractivity contribution in [2.75, 3.05) is 20.2 Å². The summed E-state index contributed by atoms with van der Waals surface area (Å²) in [6.45, 7) is 1.90. The molecule has 1 rings (SSSR count). The van der Waals surface area contributed by atoms with E-state index in [0.29, 0.717) is 15.6 Å². The summed E-state index contributed by atoms with van der Waals surface area (Å²) in [5.41, 5.74) is 0.636. The standard InChI is InChI=1S/C14H15Cl2NO3/c1-3-20-14(19)9-17(2)13(18)7-4-10-8-11(15)5-6-12(10)16/h4-8H,3,9H2,1-2H3. The van der Waals surface area contributed by atoms with Crippen molar-refractivity contribution in [1.29, 1.82) is 0 Å². The number of nitrogens with zero attached hydrogens (tertiary/aromatic N) is 1. The maximum absolute atomic E-state index is 11.8. The highest BCUT2D eigenvalue weighted by atomic mass is 35.5. The van der Waals surface area contributed by atoms with Crippen LogP contribution in [0.2, 0.25) is 10.0 Å². The van der Waals surface area contributed by atoms with Crippen LogP contribution in [0.5, 0.6) is 0 Å². The molecule has 0 unspecified atom stereocenters. The lowest BCUT2D eigenvalue weighted by atomic mass is 10.2. The Kier molecular flexibility index (Phi) is 6.55. The minimum Gasteiger partial charge on any atom is -0.465 e. The Hall–Kier alpha value is -1.52. The number of ether oxygens (including phenoxy) is 1. The lowest BCUT2D eigenvalue weighted by Crippen LogP contribution is -2.31. The molecular formula is C14H15Cl2NO3. The molecule has 20 heavy (non-hydrogen) atoms. The number of halogens is 2. The summed E-state index contributed by atoms with van der Waals surface area (Å²) in [4.78, 5) is 24.3. The molecule has 4 nitrogen and oxygen atoms in total. The molecule has 0 radical (unpaired) electrons. The van der Waals surface area contributed by atoms with Crippen LogP contribution in [0.15, 0.2) is 24.3 Å². The fourth-order valence-corrected chi connectivity index (χ4v) is 1.77. The van der Waals surface area contributed by atoms with Crippen LogP contribution in [0.4, 0.5) is 0 Å². The highest BCUT2D eigenvalue weighted by molar-refractivity contribution is 6.34. The van der Waals surface area contributed by atoms with Gasteiger partial charge in [0.05, 0.1) is 6.61 Å². The normalized spacial score (nSPS) is 10.6. The van der Waals surface area contributed by atoms with E-state index in [9.17, 15) is 9.59 Å². The average molecular weight is 316 g/mol. The van der Waals surface area contributed by atoms with Crippen molar-refractivity contribution in [2.24, 2.45) is 0 Å². The van der Waals surface area contributed by atoms with Crippen LogP contribution in [0.25, 0.3) is 6.08 Å². The molecule has 0 aliphatic rings. The molecular weight excluding hydrogens is 301 g/mol. The van der Waals surface area contributed by atoms with E-state index < -0.39 is 5.97 Å². The smallest absolute Gasteiger partial charge is 0.325 e. The molecule has 0 spiro atoms. The first kappa shape index (κ1) is 16.5. The van der Waals surface area contributed by atoms with Gasteiger partial charge in [0.1, 0.15) is 6.54 Å². The molecule has 0 aliphatic carbocycles. The number of benzene rings is 1. The van der Waals surface area contributed by atoms with Gasteiger partial charge in [0.2, 0.25) is 5.91 Å². The number of hydrogen-bond donors (Lipinski definition) is 0. The highest BCUT2D eigenvalue weighted by Gasteiger charge is 2.11. The van der Waals surface area contributed by atoms with Crippen molar-refractivity contribution < 1.29 is 14.3 Å². The van der Waals surface area contributed by atoms with Crippen LogP contribution in [-0.2, 0) is 14.3 Å². The number of carbonyl (C=O) groups excluding carboxylic acids is 2. The molecule has 1 aromatic carbocycles. The Balaban J connectivity index is 2.67. The predicted molar refractivity (Wildman–Crippen MR) is 79.8 cm³/mol. The molecule has 0 fully saturated rings. The molecule has 0 aromatic heterocycles. The highest BCUT2D eigenvalue weighted by Crippen LogP contribution is 2.21. The van der Waals surface area contributed by atoms with Crippen LogP contribution >= 0.6 is 23.2 Å². The third-order valence-electron chi connectivity index (χ3n) is 2.41. The number of rotatable bonds is 5. The third-order valence-corrected chi connectivity index (χ3v) is 2.99. The van der Waals surface area contributed by atoms with Crippen LogP contribution in [0.3, 0.4) is 0 Å². The minimum atomic E-state index is -0.447. The van der Waals surface area contributed by atoms with Gasteiger partial charge in [0.25, 0.3) is 0 Å². The minimum absolute atomic E-state index is 0.0969. The first-order valence-corrected chi connectivity index (χ1v) is 6.73. The zero-order valence-corrected chi connectivity index (χ0v) is 12.7.